The maximum Gasteiger partial charge on any atom is 0.250 e. The summed E-state index contributed by atoms with van der Waals surface area (Å²) in [5, 5.41) is 2.87. The van der Waals surface area contributed by atoms with E-state index in [1.54, 1.807) is 0 Å². The van der Waals surface area contributed by atoms with E-state index < -0.39 is 0 Å². The van der Waals surface area contributed by atoms with Gasteiger partial charge in [0.15, 0.2) is 0 Å². The molecular formula is C21H27NO2. The van der Waals surface area contributed by atoms with E-state index in [-0.39, 0.29) is 17.9 Å². The number of carbonyl (C=O) groups is 1. The van der Waals surface area contributed by atoms with Gasteiger partial charge in [-0.1, -0.05) is 56.7 Å². The standard InChI is InChI=1S/C21H27NO2/c1-15-6-7-17(16(2)12-15)13-24-14-20(23)22-19-10-8-18(9-11-19)21(3,4)5/h6-12H,13-14H2,1-5H3,(H,22,23). The zero-order chi connectivity index (χ0) is 17.7. The molecule has 0 aliphatic carbocycles. The van der Waals surface area contributed by atoms with Gasteiger partial charge in [0.25, 0.3) is 0 Å². The van der Waals surface area contributed by atoms with Crippen LogP contribution >= 0.6 is 0 Å². The largest absolute Gasteiger partial charge is 0.367 e. The Morgan fingerprint density at radius 2 is 1.71 bits per heavy atom. The molecule has 2 aromatic rings. The van der Waals surface area contributed by atoms with Gasteiger partial charge in [-0.3, -0.25) is 4.79 Å². The van der Waals surface area contributed by atoms with Crippen LogP contribution in [0.1, 0.15) is 43.0 Å². The van der Waals surface area contributed by atoms with Gasteiger partial charge in [-0.2, -0.15) is 0 Å². The number of hydrogen-bond acceptors (Lipinski definition) is 2. The molecule has 0 aliphatic heterocycles. The smallest absolute Gasteiger partial charge is 0.250 e. The predicted molar refractivity (Wildman–Crippen MR) is 99.3 cm³/mol. The Kier molecular flexibility index (Phi) is 5.79. The van der Waals surface area contributed by atoms with Gasteiger partial charge in [0.2, 0.25) is 5.91 Å². The first kappa shape index (κ1) is 18.2. The number of hydrogen-bond donors (Lipinski definition) is 1. The Labute approximate surface area is 145 Å². The second kappa shape index (κ2) is 7.63. The normalized spacial score (nSPS) is 11.4. The summed E-state index contributed by atoms with van der Waals surface area (Å²) in [6.07, 6.45) is 0. The number of amides is 1. The van der Waals surface area contributed by atoms with Gasteiger partial charge in [-0.05, 0) is 48.1 Å². The van der Waals surface area contributed by atoms with E-state index in [0.717, 1.165) is 11.3 Å². The molecule has 128 valence electrons. The van der Waals surface area contributed by atoms with Crippen molar-refractivity contribution >= 4 is 11.6 Å². The molecule has 0 radical (unpaired) electrons. The van der Waals surface area contributed by atoms with Crippen molar-refractivity contribution < 1.29 is 9.53 Å². The minimum Gasteiger partial charge on any atom is -0.367 e. The molecule has 2 rings (SSSR count). The van der Waals surface area contributed by atoms with E-state index in [0.29, 0.717) is 6.61 Å². The lowest BCUT2D eigenvalue weighted by Crippen LogP contribution is -2.18. The minimum absolute atomic E-state index is 0.0499. The fourth-order valence-corrected chi connectivity index (χ4v) is 2.51. The Bertz CT molecular complexity index is 697. The van der Waals surface area contributed by atoms with E-state index in [1.165, 1.54) is 16.7 Å². The summed E-state index contributed by atoms with van der Waals surface area (Å²) in [5.74, 6) is -0.136. The van der Waals surface area contributed by atoms with Gasteiger partial charge in [0.1, 0.15) is 6.61 Å². The minimum atomic E-state index is -0.136. The van der Waals surface area contributed by atoms with Crippen molar-refractivity contribution in [2.24, 2.45) is 0 Å². The van der Waals surface area contributed by atoms with Gasteiger partial charge in [-0.25, -0.2) is 0 Å². The maximum absolute atomic E-state index is 12.0. The van der Waals surface area contributed by atoms with Gasteiger partial charge in [0.05, 0.1) is 6.61 Å². The summed E-state index contributed by atoms with van der Waals surface area (Å²) in [4.78, 5) is 12.0. The molecule has 0 spiro atoms. The SMILES string of the molecule is Cc1ccc(COCC(=O)Nc2ccc(C(C)(C)C)cc2)c(C)c1. The molecule has 0 saturated carbocycles. The first-order chi connectivity index (χ1) is 11.3. The van der Waals surface area contributed by atoms with Crippen LogP contribution in [-0.4, -0.2) is 12.5 Å². The first-order valence-corrected chi connectivity index (χ1v) is 8.30. The third-order valence-corrected chi connectivity index (χ3v) is 4.02. The molecule has 24 heavy (non-hydrogen) atoms. The summed E-state index contributed by atoms with van der Waals surface area (Å²) >= 11 is 0. The van der Waals surface area contributed by atoms with Gasteiger partial charge in [0, 0.05) is 5.69 Å². The van der Waals surface area contributed by atoms with E-state index in [2.05, 4.69) is 52.1 Å². The fraction of sp³-hybridized carbons (Fsp3) is 0.381. The molecule has 2 aromatic carbocycles. The van der Waals surface area contributed by atoms with Gasteiger partial charge < -0.3 is 10.1 Å². The predicted octanol–water partition coefficient (Wildman–Crippen LogP) is 4.76. The molecule has 0 heterocycles. The molecule has 0 aliphatic rings. The highest BCUT2D eigenvalue weighted by atomic mass is 16.5. The fourth-order valence-electron chi connectivity index (χ4n) is 2.51. The molecule has 3 nitrogen and oxygen atoms in total. The number of ether oxygens (including phenoxy) is 1. The Morgan fingerprint density at radius 3 is 2.29 bits per heavy atom. The second-order valence-corrected chi connectivity index (χ2v) is 7.30. The second-order valence-electron chi connectivity index (χ2n) is 7.30. The number of nitrogens with one attached hydrogen (secondary N) is 1. The summed E-state index contributed by atoms with van der Waals surface area (Å²) < 4.78 is 5.54. The molecule has 0 fully saturated rings. The Morgan fingerprint density at radius 1 is 1.04 bits per heavy atom. The number of carbonyl (C=O) groups excluding carboxylic acids is 1. The van der Waals surface area contributed by atoms with Crippen LogP contribution in [0.4, 0.5) is 5.69 Å². The topological polar surface area (TPSA) is 38.3 Å². The van der Waals surface area contributed by atoms with Crippen LogP contribution < -0.4 is 5.32 Å². The molecule has 0 bridgehead atoms. The molecule has 0 unspecified atom stereocenters. The first-order valence-electron chi connectivity index (χ1n) is 8.30. The van der Waals surface area contributed by atoms with Crippen molar-refractivity contribution in [1.29, 1.82) is 0 Å². The summed E-state index contributed by atoms with van der Waals surface area (Å²) in [5.41, 5.74) is 5.68. The number of anilines is 1. The average Bonchev–Trinajstić information content (AvgIpc) is 2.49. The van der Waals surface area contributed by atoms with Crippen LogP contribution in [-0.2, 0) is 21.6 Å². The quantitative estimate of drug-likeness (QED) is 0.861. The highest BCUT2D eigenvalue weighted by Crippen LogP contribution is 2.23. The zero-order valence-electron chi connectivity index (χ0n) is 15.3. The van der Waals surface area contributed by atoms with Crippen molar-refractivity contribution in [1.82, 2.24) is 0 Å². The Hall–Kier alpha value is -2.13. The summed E-state index contributed by atoms with van der Waals surface area (Å²) in [6, 6.07) is 14.2. The van der Waals surface area contributed by atoms with Crippen molar-refractivity contribution in [3.05, 3.63) is 64.7 Å². The summed E-state index contributed by atoms with van der Waals surface area (Å²) in [7, 11) is 0. The number of benzene rings is 2. The highest BCUT2D eigenvalue weighted by molar-refractivity contribution is 5.91. The van der Waals surface area contributed by atoms with Gasteiger partial charge in [-0.15, -0.1) is 0 Å². The maximum atomic E-state index is 12.0. The average molecular weight is 325 g/mol. The van der Waals surface area contributed by atoms with Crippen molar-refractivity contribution in [2.75, 3.05) is 11.9 Å². The lowest BCUT2D eigenvalue weighted by atomic mass is 9.87. The molecule has 0 saturated heterocycles. The van der Waals surface area contributed by atoms with Crippen LogP contribution in [0.2, 0.25) is 0 Å². The molecule has 1 N–H and O–H groups in total. The lowest BCUT2D eigenvalue weighted by Gasteiger charge is -2.19. The van der Waals surface area contributed by atoms with Crippen molar-refractivity contribution in [3.63, 3.8) is 0 Å². The monoisotopic (exact) mass is 325 g/mol. The van der Waals surface area contributed by atoms with Crippen molar-refractivity contribution in [2.45, 2.75) is 46.6 Å². The summed E-state index contributed by atoms with van der Waals surface area (Å²) in [6.45, 7) is 11.1. The molecular weight excluding hydrogens is 298 g/mol. The van der Waals surface area contributed by atoms with Gasteiger partial charge >= 0.3 is 0 Å². The molecule has 0 aromatic heterocycles. The number of rotatable bonds is 5. The van der Waals surface area contributed by atoms with Crippen LogP contribution in [0.15, 0.2) is 42.5 Å². The molecule has 3 heteroatoms. The lowest BCUT2D eigenvalue weighted by molar-refractivity contribution is -0.121. The van der Waals surface area contributed by atoms with Crippen LogP contribution in [0, 0.1) is 13.8 Å². The van der Waals surface area contributed by atoms with E-state index >= 15 is 0 Å². The van der Waals surface area contributed by atoms with E-state index in [1.807, 2.05) is 30.3 Å². The van der Waals surface area contributed by atoms with Crippen LogP contribution in [0.25, 0.3) is 0 Å². The third kappa shape index (κ3) is 5.20. The van der Waals surface area contributed by atoms with E-state index in [4.69, 9.17) is 4.74 Å². The molecule has 1 amide bonds. The van der Waals surface area contributed by atoms with Crippen LogP contribution in [0.5, 0.6) is 0 Å². The Balaban J connectivity index is 1.83. The number of aryl methyl sites for hydroxylation is 2. The zero-order valence-corrected chi connectivity index (χ0v) is 15.3. The van der Waals surface area contributed by atoms with Crippen molar-refractivity contribution in [3.8, 4) is 0 Å². The highest BCUT2D eigenvalue weighted by Gasteiger charge is 2.13. The van der Waals surface area contributed by atoms with Crippen LogP contribution in [0.3, 0.4) is 0 Å². The third-order valence-electron chi connectivity index (χ3n) is 4.02. The molecule has 0 atom stereocenters. The van der Waals surface area contributed by atoms with E-state index in [9.17, 15) is 4.79 Å².